The molecule has 3 aromatic heterocycles. The summed E-state index contributed by atoms with van der Waals surface area (Å²) in [5.41, 5.74) is 2.49. The summed E-state index contributed by atoms with van der Waals surface area (Å²) in [7, 11) is 0. The molecule has 29 heavy (non-hydrogen) atoms. The number of pyridine rings is 1. The lowest BCUT2D eigenvalue weighted by molar-refractivity contribution is 0.0970. The highest BCUT2D eigenvalue weighted by atomic mass is 35.5. The zero-order valence-electron chi connectivity index (χ0n) is 15.7. The molecule has 1 amide bonds. The zero-order chi connectivity index (χ0) is 20.0. The summed E-state index contributed by atoms with van der Waals surface area (Å²) in [4.78, 5) is 24.3. The molecule has 0 saturated carbocycles. The zero-order valence-corrected chi connectivity index (χ0v) is 17.2. The number of amides is 1. The maximum atomic E-state index is 13.5. The van der Waals surface area contributed by atoms with Gasteiger partial charge in [0.1, 0.15) is 5.82 Å². The van der Waals surface area contributed by atoms with E-state index in [-0.39, 0.29) is 5.91 Å². The van der Waals surface area contributed by atoms with Crippen LogP contribution in [0.5, 0.6) is 0 Å². The van der Waals surface area contributed by atoms with Crippen molar-refractivity contribution in [3.63, 3.8) is 0 Å². The van der Waals surface area contributed by atoms with Crippen molar-refractivity contribution < 1.29 is 4.79 Å². The van der Waals surface area contributed by atoms with Gasteiger partial charge in [-0.3, -0.25) is 14.7 Å². The topological polar surface area (TPSA) is 76.8 Å². The molecule has 5 rings (SSSR count). The van der Waals surface area contributed by atoms with E-state index in [0.717, 1.165) is 46.7 Å². The van der Waals surface area contributed by atoms with Crippen LogP contribution in [0.3, 0.4) is 0 Å². The Kier molecular flexibility index (Phi) is 4.52. The van der Waals surface area contributed by atoms with Crippen LogP contribution in [0.1, 0.15) is 34.1 Å². The van der Waals surface area contributed by atoms with E-state index in [1.165, 1.54) is 11.3 Å². The third-order valence-electron chi connectivity index (χ3n) is 5.06. The van der Waals surface area contributed by atoms with Crippen molar-refractivity contribution in [2.45, 2.75) is 32.9 Å². The summed E-state index contributed by atoms with van der Waals surface area (Å²) in [5, 5.41) is 9.61. The number of nitrogens with zero attached hydrogens (tertiary/aromatic N) is 6. The monoisotopic (exact) mass is 424 g/mol. The minimum absolute atomic E-state index is 0.223. The van der Waals surface area contributed by atoms with E-state index in [1.807, 2.05) is 41.8 Å². The summed E-state index contributed by atoms with van der Waals surface area (Å²) < 4.78 is 2.88. The minimum Gasteiger partial charge on any atom is -0.307 e. The Hall–Kier alpha value is -2.84. The molecule has 0 atom stereocenters. The van der Waals surface area contributed by atoms with Crippen LogP contribution in [0.25, 0.3) is 10.2 Å². The second-order valence-corrected chi connectivity index (χ2v) is 8.34. The van der Waals surface area contributed by atoms with Gasteiger partial charge in [-0.25, -0.2) is 4.98 Å². The van der Waals surface area contributed by atoms with E-state index in [0.29, 0.717) is 22.5 Å². The molecule has 0 fully saturated rings. The number of benzene rings is 1. The maximum Gasteiger partial charge on any atom is 0.298 e. The van der Waals surface area contributed by atoms with Crippen LogP contribution >= 0.6 is 22.9 Å². The van der Waals surface area contributed by atoms with Crippen LogP contribution in [0.2, 0.25) is 5.02 Å². The Balaban J connectivity index is 1.60. The SMILES string of the molecule is Cc1c(Cl)ccc2sc(N(Cc3ccccn3)C(=O)c3nnc4n3CCC4)nc12. The molecule has 4 heterocycles. The van der Waals surface area contributed by atoms with Crippen molar-refractivity contribution in [1.82, 2.24) is 24.7 Å². The second-order valence-electron chi connectivity index (χ2n) is 6.92. The Labute approximate surface area is 176 Å². The molecule has 1 aliphatic rings. The summed E-state index contributed by atoms with van der Waals surface area (Å²) in [6.45, 7) is 2.99. The highest BCUT2D eigenvalue weighted by Crippen LogP contribution is 2.34. The summed E-state index contributed by atoms with van der Waals surface area (Å²) in [5.74, 6) is 0.986. The van der Waals surface area contributed by atoms with Crippen LogP contribution in [0.15, 0.2) is 36.5 Å². The van der Waals surface area contributed by atoms with E-state index in [1.54, 1.807) is 11.1 Å². The van der Waals surface area contributed by atoms with E-state index in [4.69, 9.17) is 16.6 Å². The third-order valence-corrected chi connectivity index (χ3v) is 6.51. The molecule has 0 radical (unpaired) electrons. The minimum atomic E-state index is -0.223. The molecule has 0 aliphatic carbocycles. The van der Waals surface area contributed by atoms with Gasteiger partial charge in [0.05, 0.1) is 22.5 Å². The van der Waals surface area contributed by atoms with Gasteiger partial charge in [-0.2, -0.15) is 0 Å². The second kappa shape index (κ2) is 7.20. The fraction of sp³-hybridized carbons (Fsp3) is 0.250. The first kappa shape index (κ1) is 18.2. The van der Waals surface area contributed by atoms with E-state index < -0.39 is 0 Å². The number of carbonyl (C=O) groups is 1. The first-order chi connectivity index (χ1) is 14.1. The average molecular weight is 425 g/mol. The van der Waals surface area contributed by atoms with Crippen molar-refractivity contribution in [2.24, 2.45) is 0 Å². The van der Waals surface area contributed by atoms with Crippen LogP contribution in [-0.2, 0) is 19.5 Å². The molecule has 0 spiro atoms. The average Bonchev–Trinajstić information content (AvgIpc) is 3.45. The van der Waals surface area contributed by atoms with Crippen molar-refractivity contribution in [3.8, 4) is 0 Å². The summed E-state index contributed by atoms with van der Waals surface area (Å²) >= 11 is 7.72. The maximum absolute atomic E-state index is 13.5. The highest BCUT2D eigenvalue weighted by Gasteiger charge is 2.29. The Bertz CT molecular complexity index is 1220. The largest absolute Gasteiger partial charge is 0.307 e. The normalized spacial score (nSPS) is 13.0. The number of aryl methyl sites for hydroxylation is 2. The van der Waals surface area contributed by atoms with Crippen molar-refractivity contribution >= 4 is 44.2 Å². The van der Waals surface area contributed by atoms with Gasteiger partial charge in [0.15, 0.2) is 5.13 Å². The quantitative estimate of drug-likeness (QED) is 0.494. The first-order valence-corrected chi connectivity index (χ1v) is 10.5. The summed E-state index contributed by atoms with van der Waals surface area (Å²) in [6.07, 6.45) is 3.54. The van der Waals surface area contributed by atoms with E-state index >= 15 is 0 Å². The summed E-state index contributed by atoms with van der Waals surface area (Å²) in [6, 6.07) is 9.44. The molecule has 0 saturated heterocycles. The van der Waals surface area contributed by atoms with Gasteiger partial charge in [-0.15, -0.1) is 10.2 Å². The number of anilines is 1. The van der Waals surface area contributed by atoms with Crippen LogP contribution in [0, 0.1) is 6.92 Å². The molecule has 1 aromatic carbocycles. The standard InChI is InChI=1S/C20H17ClN6OS/c1-12-14(21)7-8-15-17(12)23-20(29-15)27(11-13-5-2-3-9-22-13)19(28)18-25-24-16-6-4-10-26(16)18/h2-3,5,7-9H,4,6,10-11H2,1H3. The molecule has 7 nitrogen and oxygen atoms in total. The fourth-order valence-corrected chi connectivity index (χ4v) is 4.69. The van der Waals surface area contributed by atoms with E-state index in [2.05, 4.69) is 15.2 Å². The number of fused-ring (bicyclic) bond motifs is 2. The van der Waals surface area contributed by atoms with Gasteiger partial charge in [-0.05, 0) is 43.2 Å². The number of aromatic nitrogens is 5. The Morgan fingerprint density at radius 1 is 1.28 bits per heavy atom. The molecule has 0 bridgehead atoms. The predicted octanol–water partition coefficient (Wildman–Crippen LogP) is 4.04. The molecule has 0 unspecified atom stereocenters. The predicted molar refractivity (Wildman–Crippen MR) is 112 cm³/mol. The lowest BCUT2D eigenvalue weighted by atomic mass is 10.2. The fourth-order valence-electron chi connectivity index (χ4n) is 3.51. The lowest BCUT2D eigenvalue weighted by Gasteiger charge is -2.19. The highest BCUT2D eigenvalue weighted by molar-refractivity contribution is 7.22. The van der Waals surface area contributed by atoms with E-state index in [9.17, 15) is 4.79 Å². The number of halogens is 1. The van der Waals surface area contributed by atoms with Gasteiger partial charge in [0, 0.05) is 24.2 Å². The Morgan fingerprint density at radius 2 is 2.17 bits per heavy atom. The first-order valence-electron chi connectivity index (χ1n) is 9.31. The molecule has 1 aliphatic heterocycles. The molecule has 4 aromatic rings. The van der Waals surface area contributed by atoms with Gasteiger partial charge in [0.2, 0.25) is 5.82 Å². The molecule has 146 valence electrons. The van der Waals surface area contributed by atoms with Gasteiger partial charge >= 0.3 is 0 Å². The third kappa shape index (κ3) is 3.18. The van der Waals surface area contributed by atoms with Crippen LogP contribution in [-0.4, -0.2) is 30.6 Å². The van der Waals surface area contributed by atoms with Crippen molar-refractivity contribution in [3.05, 3.63) is 64.5 Å². The van der Waals surface area contributed by atoms with Crippen LogP contribution < -0.4 is 4.90 Å². The number of hydrogen-bond donors (Lipinski definition) is 0. The molecule has 9 heteroatoms. The number of carbonyl (C=O) groups excluding carboxylic acids is 1. The lowest BCUT2D eigenvalue weighted by Crippen LogP contribution is -2.33. The van der Waals surface area contributed by atoms with Crippen molar-refractivity contribution in [1.29, 1.82) is 0 Å². The van der Waals surface area contributed by atoms with Crippen molar-refractivity contribution in [2.75, 3.05) is 4.90 Å². The smallest absolute Gasteiger partial charge is 0.298 e. The Morgan fingerprint density at radius 3 is 3.00 bits per heavy atom. The number of hydrogen-bond acceptors (Lipinski definition) is 6. The molecule has 0 N–H and O–H groups in total. The molecular weight excluding hydrogens is 408 g/mol. The van der Waals surface area contributed by atoms with Crippen LogP contribution in [0.4, 0.5) is 5.13 Å². The van der Waals surface area contributed by atoms with Gasteiger partial charge in [-0.1, -0.05) is 29.0 Å². The number of rotatable bonds is 4. The number of thiazole rings is 1. The molecular formula is C20H17ClN6OS. The van der Waals surface area contributed by atoms with Gasteiger partial charge in [0.25, 0.3) is 5.91 Å². The van der Waals surface area contributed by atoms with Gasteiger partial charge < -0.3 is 4.57 Å².